The number of hydrogen-bond acceptors (Lipinski definition) is 9. The van der Waals surface area contributed by atoms with E-state index < -0.39 is 77.7 Å². The maximum atomic E-state index is 14.5. The van der Waals surface area contributed by atoms with Gasteiger partial charge < -0.3 is 58.8 Å². The van der Waals surface area contributed by atoms with Gasteiger partial charge in [-0.3, -0.25) is 33.8 Å². The summed E-state index contributed by atoms with van der Waals surface area (Å²) >= 11 is 0. The number of rotatable bonds is 23. The highest BCUT2D eigenvalue weighted by atomic mass is 16.4. The van der Waals surface area contributed by atoms with Gasteiger partial charge in [-0.05, 0) is 68.2 Å². The summed E-state index contributed by atoms with van der Waals surface area (Å²) in [7, 11) is 0. The average Bonchev–Trinajstić information content (AvgIpc) is 3.95. The number of aliphatic carboxylic acids is 1. The third kappa shape index (κ3) is 14.8. The highest BCUT2D eigenvalue weighted by Gasteiger charge is 2.40. The fourth-order valence-electron chi connectivity index (χ4n) is 8.79. The smallest absolute Gasteiger partial charge is 0.326 e. The van der Waals surface area contributed by atoms with Crippen LogP contribution >= 0.6 is 0 Å². The first-order valence-corrected chi connectivity index (χ1v) is 22.6. The van der Waals surface area contributed by atoms with Crippen LogP contribution in [0, 0.1) is 5.92 Å². The molecule has 352 valence electrons. The predicted octanol–water partition coefficient (Wildman–Crippen LogP) is 0.845. The fraction of sp³-hybridized carbons (Fsp3) is 0.522. The number of aliphatic imine (C=N–C) groups is 1. The molecule has 1 saturated heterocycles. The van der Waals surface area contributed by atoms with E-state index in [1.807, 2.05) is 54.6 Å². The molecule has 3 aromatic rings. The molecule has 65 heavy (non-hydrogen) atoms. The summed E-state index contributed by atoms with van der Waals surface area (Å²) < 4.78 is 0. The lowest BCUT2D eigenvalue weighted by atomic mass is 9.84. The number of likely N-dealkylation sites (tertiary alicyclic amines) is 1. The number of amides is 6. The molecule has 19 nitrogen and oxygen atoms in total. The molecule has 2 fully saturated rings. The maximum absolute atomic E-state index is 14.5. The number of nitrogens with zero attached hydrogens (tertiary/aromatic N) is 2. The third-order valence-electron chi connectivity index (χ3n) is 12.1. The molecular weight excluding hydrogens is 835 g/mol. The van der Waals surface area contributed by atoms with E-state index in [0.29, 0.717) is 18.4 Å². The van der Waals surface area contributed by atoms with Crippen LogP contribution in [0.25, 0.3) is 10.9 Å². The number of benzene rings is 2. The molecule has 0 bridgehead atoms. The minimum absolute atomic E-state index is 0.000675. The van der Waals surface area contributed by atoms with E-state index in [0.717, 1.165) is 48.6 Å². The van der Waals surface area contributed by atoms with Crippen LogP contribution in [0.3, 0.4) is 0 Å². The van der Waals surface area contributed by atoms with Crippen LogP contribution in [0.15, 0.2) is 65.8 Å². The van der Waals surface area contributed by atoms with Crippen LogP contribution in [0.4, 0.5) is 0 Å². The standard InChI is InChI=1S/C46H65N11O8/c1-28(58)52-36(24-29-12-4-2-5-13-29)40(59)53-34(20-21-47)44(63)57-23-11-19-39(57)43(62)56-37(25-30-14-6-3-7-15-30)41(60)55-38(26-31-27-51-33-17-9-8-16-32(31)33)42(61)54-35(45(64)65)18-10-22-50-46(48)49/h2,4-5,8-9,12-13,16-17,27,30,34-39,51H,3,6-7,10-11,14-15,18-26,47H2,1H3,(H,52,58)(H,53,59)(H,54,61)(H,55,60)(H,56,62)(H,64,65)(H4,48,49,50)/t34-,35+,36-,37+,38-,39-/m0/s1. The van der Waals surface area contributed by atoms with Crippen LogP contribution in [-0.4, -0.2) is 118 Å². The molecular formula is C46H65N11O8. The first-order chi connectivity index (χ1) is 31.2. The van der Waals surface area contributed by atoms with Crippen LogP contribution < -0.4 is 43.8 Å². The van der Waals surface area contributed by atoms with Crippen molar-refractivity contribution in [2.24, 2.45) is 28.1 Å². The number of aromatic amines is 1. The normalized spacial score (nSPS) is 17.4. The molecule has 0 unspecified atom stereocenters. The second kappa shape index (κ2) is 24.5. The molecule has 1 aliphatic heterocycles. The molecule has 6 atom stereocenters. The van der Waals surface area contributed by atoms with Crippen molar-refractivity contribution in [3.8, 4) is 0 Å². The molecule has 1 aliphatic carbocycles. The number of carboxylic acid groups (broad SMARTS) is 1. The van der Waals surface area contributed by atoms with Gasteiger partial charge >= 0.3 is 5.97 Å². The Bertz CT molecular complexity index is 2140. The van der Waals surface area contributed by atoms with Crippen molar-refractivity contribution in [2.45, 2.75) is 127 Å². The minimum Gasteiger partial charge on any atom is -0.480 e. The van der Waals surface area contributed by atoms with Crippen molar-refractivity contribution in [1.29, 1.82) is 0 Å². The van der Waals surface area contributed by atoms with Gasteiger partial charge in [0, 0.05) is 50.0 Å². The van der Waals surface area contributed by atoms with E-state index in [2.05, 4.69) is 36.6 Å². The number of nitrogens with two attached hydrogens (primary N) is 3. The Hall–Kier alpha value is -6.50. The monoisotopic (exact) mass is 900 g/mol. The largest absolute Gasteiger partial charge is 0.480 e. The van der Waals surface area contributed by atoms with E-state index in [9.17, 15) is 38.7 Å². The van der Waals surface area contributed by atoms with Gasteiger partial charge in [0.15, 0.2) is 5.96 Å². The van der Waals surface area contributed by atoms with Crippen molar-refractivity contribution < 1.29 is 38.7 Å². The number of hydrogen-bond donors (Lipinski definition) is 10. The number of para-hydroxylation sites is 1. The van der Waals surface area contributed by atoms with Crippen molar-refractivity contribution in [2.75, 3.05) is 19.6 Å². The Morgan fingerprint density at radius 1 is 0.754 bits per heavy atom. The molecule has 1 aromatic heterocycles. The van der Waals surface area contributed by atoms with Gasteiger partial charge in [0.2, 0.25) is 35.4 Å². The van der Waals surface area contributed by atoms with E-state index in [4.69, 9.17) is 17.2 Å². The highest BCUT2D eigenvalue weighted by Crippen LogP contribution is 2.28. The number of guanidine groups is 1. The molecule has 1 saturated carbocycles. The number of aromatic nitrogens is 1. The number of nitrogens with one attached hydrogen (secondary N) is 6. The van der Waals surface area contributed by atoms with Crippen molar-refractivity contribution >= 4 is 58.3 Å². The van der Waals surface area contributed by atoms with E-state index >= 15 is 0 Å². The maximum Gasteiger partial charge on any atom is 0.326 e. The Balaban J connectivity index is 1.35. The topological polar surface area (TPSA) is 309 Å². The van der Waals surface area contributed by atoms with E-state index in [-0.39, 0.29) is 70.0 Å². The molecule has 0 spiro atoms. The molecule has 0 radical (unpaired) electrons. The number of carbonyl (C=O) groups is 7. The Kier molecular flexibility index (Phi) is 18.7. The zero-order chi connectivity index (χ0) is 46.9. The lowest BCUT2D eigenvalue weighted by molar-refractivity contribution is -0.143. The summed E-state index contributed by atoms with van der Waals surface area (Å²) in [5.41, 5.74) is 19.1. The molecule has 19 heteroatoms. The Morgan fingerprint density at radius 2 is 1.40 bits per heavy atom. The summed E-state index contributed by atoms with van der Waals surface area (Å²) in [5, 5.41) is 24.7. The third-order valence-corrected chi connectivity index (χ3v) is 12.1. The fourth-order valence-corrected chi connectivity index (χ4v) is 8.79. The summed E-state index contributed by atoms with van der Waals surface area (Å²) in [6.45, 7) is 1.72. The second-order valence-electron chi connectivity index (χ2n) is 17.0. The van der Waals surface area contributed by atoms with Crippen LogP contribution in [0.1, 0.15) is 88.7 Å². The quantitative estimate of drug-likeness (QED) is 0.0361. The summed E-state index contributed by atoms with van der Waals surface area (Å²) in [5.74, 6) is -4.75. The molecule has 13 N–H and O–H groups in total. The van der Waals surface area contributed by atoms with E-state index in [1.165, 1.54) is 11.8 Å². The predicted molar refractivity (Wildman–Crippen MR) is 245 cm³/mol. The van der Waals surface area contributed by atoms with Gasteiger partial charge in [-0.1, -0.05) is 80.6 Å². The number of carbonyl (C=O) groups excluding carboxylic acids is 6. The van der Waals surface area contributed by atoms with Gasteiger partial charge in [0.05, 0.1) is 0 Å². The van der Waals surface area contributed by atoms with Gasteiger partial charge in [0.25, 0.3) is 0 Å². The van der Waals surface area contributed by atoms with Gasteiger partial charge in [0.1, 0.15) is 36.3 Å². The first-order valence-electron chi connectivity index (χ1n) is 22.6. The SMILES string of the molecule is CC(=O)N[C@@H](Cc1ccccc1)C(=O)N[C@@H](CCN)C(=O)N1CCC[C@H]1C(=O)N[C@H](CC1CCCCC1)C(=O)N[C@@H](Cc1c[nH]c2ccccc12)C(=O)N[C@H](CCCN=C(N)N)C(=O)O. The highest BCUT2D eigenvalue weighted by molar-refractivity contribution is 5.97. The zero-order valence-electron chi connectivity index (χ0n) is 37.1. The summed E-state index contributed by atoms with van der Waals surface area (Å²) in [4.78, 5) is 104. The van der Waals surface area contributed by atoms with Gasteiger partial charge in [-0.15, -0.1) is 0 Å². The van der Waals surface area contributed by atoms with Crippen LogP contribution in [0.2, 0.25) is 0 Å². The second-order valence-corrected chi connectivity index (χ2v) is 17.0. The molecule has 6 amide bonds. The minimum atomic E-state index is -1.31. The zero-order valence-corrected chi connectivity index (χ0v) is 37.1. The number of fused-ring (bicyclic) bond motifs is 1. The molecule has 2 aromatic carbocycles. The van der Waals surface area contributed by atoms with E-state index in [1.54, 1.807) is 6.20 Å². The van der Waals surface area contributed by atoms with Crippen molar-refractivity contribution in [3.05, 3.63) is 71.9 Å². The average molecular weight is 900 g/mol. The molecule has 5 rings (SSSR count). The number of carboxylic acids is 1. The van der Waals surface area contributed by atoms with Gasteiger partial charge in [-0.2, -0.15) is 0 Å². The van der Waals surface area contributed by atoms with Crippen LogP contribution in [-0.2, 0) is 46.4 Å². The van der Waals surface area contributed by atoms with Gasteiger partial charge in [-0.25, -0.2) is 4.79 Å². The Labute approximate surface area is 378 Å². The number of H-pyrrole nitrogens is 1. The Morgan fingerprint density at radius 3 is 2.08 bits per heavy atom. The van der Waals surface area contributed by atoms with Crippen molar-refractivity contribution in [3.63, 3.8) is 0 Å². The van der Waals surface area contributed by atoms with Crippen LogP contribution in [0.5, 0.6) is 0 Å². The molecule has 2 heterocycles. The first kappa shape index (κ1) is 49.5. The van der Waals surface area contributed by atoms with Crippen molar-refractivity contribution in [1.82, 2.24) is 36.5 Å². The lowest BCUT2D eigenvalue weighted by Crippen LogP contribution is -2.60. The summed E-state index contributed by atoms with van der Waals surface area (Å²) in [6.07, 6.45) is 7.99. The summed E-state index contributed by atoms with van der Waals surface area (Å²) in [6, 6.07) is 9.86. The lowest BCUT2D eigenvalue weighted by Gasteiger charge is -2.32. The molecule has 2 aliphatic rings.